The Hall–Kier alpha value is -2.49. The van der Waals surface area contributed by atoms with Crippen LogP contribution >= 0.6 is 0 Å². The molecule has 4 nitrogen and oxygen atoms in total. The van der Waals surface area contributed by atoms with Crippen LogP contribution in [0.5, 0.6) is 11.5 Å². The lowest BCUT2D eigenvalue weighted by atomic mass is 9.83. The van der Waals surface area contributed by atoms with E-state index in [-0.39, 0.29) is 5.91 Å². The molecule has 0 bridgehead atoms. The number of ether oxygens (including phenoxy) is 2. The molecule has 0 aliphatic heterocycles. The standard InChI is InChI=1S/C22H27NO3/c1-25-19-11-13-20(14-12-19)26-15-5-10-22(24)23-16-18-8-4-7-17-6-2-3-9-21(17)18/h2-3,6,9,11-14,18H,4-5,7-8,10,15-16H2,1H3,(H,23,24). The van der Waals surface area contributed by atoms with Crippen molar-refractivity contribution in [1.82, 2.24) is 5.32 Å². The third-order valence-corrected chi connectivity index (χ3v) is 4.92. The van der Waals surface area contributed by atoms with Crippen molar-refractivity contribution in [2.75, 3.05) is 20.3 Å². The second-order valence-corrected chi connectivity index (χ2v) is 6.72. The third kappa shape index (κ3) is 5.01. The summed E-state index contributed by atoms with van der Waals surface area (Å²) in [5, 5.41) is 3.10. The lowest BCUT2D eigenvalue weighted by molar-refractivity contribution is -0.121. The van der Waals surface area contributed by atoms with Gasteiger partial charge in [-0.05, 0) is 61.1 Å². The zero-order valence-corrected chi connectivity index (χ0v) is 15.4. The summed E-state index contributed by atoms with van der Waals surface area (Å²) in [7, 11) is 1.64. The van der Waals surface area contributed by atoms with Crippen LogP contribution in [0.4, 0.5) is 0 Å². The van der Waals surface area contributed by atoms with E-state index in [1.54, 1.807) is 7.11 Å². The Morgan fingerprint density at radius 3 is 2.69 bits per heavy atom. The van der Waals surface area contributed by atoms with Gasteiger partial charge in [-0.25, -0.2) is 0 Å². The van der Waals surface area contributed by atoms with Crippen LogP contribution in [0.15, 0.2) is 48.5 Å². The Morgan fingerprint density at radius 2 is 1.88 bits per heavy atom. The second kappa shape index (κ2) is 9.27. The lowest BCUT2D eigenvalue weighted by Gasteiger charge is -2.25. The fraction of sp³-hybridized carbons (Fsp3) is 0.409. The smallest absolute Gasteiger partial charge is 0.220 e. The van der Waals surface area contributed by atoms with E-state index in [1.165, 1.54) is 17.5 Å². The molecule has 0 saturated heterocycles. The maximum atomic E-state index is 12.1. The predicted octanol–water partition coefficient (Wildman–Crippen LogP) is 4.09. The van der Waals surface area contributed by atoms with Gasteiger partial charge in [-0.3, -0.25) is 4.79 Å². The zero-order valence-electron chi connectivity index (χ0n) is 15.4. The minimum absolute atomic E-state index is 0.103. The number of benzene rings is 2. The highest BCUT2D eigenvalue weighted by molar-refractivity contribution is 5.75. The molecule has 0 spiro atoms. The number of hydrogen-bond donors (Lipinski definition) is 1. The number of hydrogen-bond acceptors (Lipinski definition) is 3. The van der Waals surface area contributed by atoms with E-state index in [0.29, 0.717) is 25.4 Å². The highest BCUT2D eigenvalue weighted by atomic mass is 16.5. The number of methoxy groups -OCH3 is 1. The molecule has 1 aliphatic carbocycles. The largest absolute Gasteiger partial charge is 0.497 e. The number of rotatable bonds is 8. The SMILES string of the molecule is COc1ccc(OCCCC(=O)NCC2CCCc3ccccc32)cc1. The van der Waals surface area contributed by atoms with Crippen molar-refractivity contribution in [3.63, 3.8) is 0 Å². The molecular formula is C22H27NO3. The molecule has 0 radical (unpaired) electrons. The summed E-state index contributed by atoms with van der Waals surface area (Å²) < 4.78 is 10.8. The number of carbonyl (C=O) groups is 1. The molecule has 0 aromatic heterocycles. The minimum Gasteiger partial charge on any atom is -0.497 e. The monoisotopic (exact) mass is 353 g/mol. The summed E-state index contributed by atoms with van der Waals surface area (Å²) in [6.07, 6.45) is 4.71. The maximum Gasteiger partial charge on any atom is 0.220 e. The van der Waals surface area contributed by atoms with Crippen LogP contribution in [-0.4, -0.2) is 26.2 Å². The van der Waals surface area contributed by atoms with Gasteiger partial charge in [0.05, 0.1) is 13.7 Å². The van der Waals surface area contributed by atoms with Crippen LogP contribution in [-0.2, 0) is 11.2 Å². The Bertz CT molecular complexity index is 712. The molecule has 138 valence electrons. The van der Waals surface area contributed by atoms with Crippen molar-refractivity contribution in [2.24, 2.45) is 0 Å². The molecule has 0 saturated carbocycles. The van der Waals surface area contributed by atoms with Gasteiger partial charge in [0.25, 0.3) is 0 Å². The quantitative estimate of drug-likeness (QED) is 0.727. The van der Waals surface area contributed by atoms with Gasteiger partial charge in [-0.2, -0.15) is 0 Å². The van der Waals surface area contributed by atoms with E-state index in [1.807, 2.05) is 24.3 Å². The molecule has 2 aromatic carbocycles. The Labute approximate surface area is 155 Å². The molecule has 4 heteroatoms. The van der Waals surface area contributed by atoms with Crippen molar-refractivity contribution in [2.45, 2.75) is 38.0 Å². The van der Waals surface area contributed by atoms with Crippen LogP contribution in [0.3, 0.4) is 0 Å². The van der Waals surface area contributed by atoms with Gasteiger partial charge < -0.3 is 14.8 Å². The predicted molar refractivity (Wildman–Crippen MR) is 103 cm³/mol. The van der Waals surface area contributed by atoms with Gasteiger partial charge >= 0.3 is 0 Å². The van der Waals surface area contributed by atoms with E-state index < -0.39 is 0 Å². The molecule has 1 N–H and O–H groups in total. The maximum absolute atomic E-state index is 12.1. The van der Waals surface area contributed by atoms with Gasteiger partial charge in [0, 0.05) is 18.9 Å². The second-order valence-electron chi connectivity index (χ2n) is 6.72. The van der Waals surface area contributed by atoms with Gasteiger partial charge in [0.2, 0.25) is 5.91 Å². The summed E-state index contributed by atoms with van der Waals surface area (Å²) >= 11 is 0. The summed E-state index contributed by atoms with van der Waals surface area (Å²) in [5.41, 5.74) is 2.84. The van der Waals surface area contributed by atoms with E-state index in [0.717, 1.165) is 30.9 Å². The van der Waals surface area contributed by atoms with Crippen molar-refractivity contribution < 1.29 is 14.3 Å². The molecule has 1 atom stereocenters. The van der Waals surface area contributed by atoms with Gasteiger partial charge in [0.1, 0.15) is 11.5 Å². The van der Waals surface area contributed by atoms with Gasteiger partial charge in [-0.1, -0.05) is 24.3 Å². The summed E-state index contributed by atoms with van der Waals surface area (Å²) in [5.74, 6) is 2.15. The number of carbonyl (C=O) groups excluding carboxylic acids is 1. The van der Waals surface area contributed by atoms with Gasteiger partial charge in [0.15, 0.2) is 0 Å². The molecule has 1 amide bonds. The van der Waals surface area contributed by atoms with Crippen LogP contribution in [0.2, 0.25) is 0 Å². The highest BCUT2D eigenvalue weighted by Gasteiger charge is 2.19. The van der Waals surface area contributed by atoms with Crippen LogP contribution < -0.4 is 14.8 Å². The van der Waals surface area contributed by atoms with Crippen LogP contribution in [0, 0.1) is 0 Å². The fourth-order valence-electron chi connectivity index (χ4n) is 3.49. The zero-order chi connectivity index (χ0) is 18.2. The molecule has 1 aliphatic rings. The van der Waals surface area contributed by atoms with Crippen molar-refractivity contribution in [3.05, 3.63) is 59.7 Å². The van der Waals surface area contributed by atoms with Crippen LogP contribution in [0.1, 0.15) is 42.7 Å². The van der Waals surface area contributed by atoms with Crippen molar-refractivity contribution >= 4 is 5.91 Å². The normalized spacial score (nSPS) is 15.8. The molecule has 3 rings (SSSR count). The highest BCUT2D eigenvalue weighted by Crippen LogP contribution is 2.30. The fourth-order valence-corrected chi connectivity index (χ4v) is 3.49. The first kappa shape index (κ1) is 18.3. The van der Waals surface area contributed by atoms with E-state index in [4.69, 9.17) is 9.47 Å². The van der Waals surface area contributed by atoms with E-state index >= 15 is 0 Å². The molecule has 26 heavy (non-hydrogen) atoms. The average Bonchev–Trinajstić information content (AvgIpc) is 2.70. The van der Waals surface area contributed by atoms with Crippen molar-refractivity contribution in [3.8, 4) is 11.5 Å². The van der Waals surface area contributed by atoms with Crippen molar-refractivity contribution in [1.29, 1.82) is 0 Å². The Morgan fingerprint density at radius 1 is 1.12 bits per heavy atom. The number of nitrogens with one attached hydrogen (secondary N) is 1. The number of amides is 1. The van der Waals surface area contributed by atoms with Gasteiger partial charge in [-0.15, -0.1) is 0 Å². The third-order valence-electron chi connectivity index (χ3n) is 4.92. The first-order valence-corrected chi connectivity index (χ1v) is 9.37. The van der Waals surface area contributed by atoms with E-state index in [2.05, 4.69) is 29.6 Å². The summed E-state index contributed by atoms with van der Waals surface area (Å²) in [6, 6.07) is 16.1. The average molecular weight is 353 g/mol. The lowest BCUT2D eigenvalue weighted by Crippen LogP contribution is -2.30. The minimum atomic E-state index is 0.103. The molecular weight excluding hydrogens is 326 g/mol. The Balaban J connectivity index is 1.36. The number of aryl methyl sites for hydroxylation is 1. The first-order chi connectivity index (χ1) is 12.8. The molecule has 2 aromatic rings. The summed E-state index contributed by atoms with van der Waals surface area (Å²) in [4.78, 5) is 12.1. The first-order valence-electron chi connectivity index (χ1n) is 9.37. The number of fused-ring (bicyclic) bond motifs is 1. The van der Waals surface area contributed by atoms with Crippen LogP contribution in [0.25, 0.3) is 0 Å². The topological polar surface area (TPSA) is 47.6 Å². The molecule has 1 unspecified atom stereocenters. The molecule has 0 heterocycles. The molecule has 0 fully saturated rings. The summed E-state index contributed by atoms with van der Waals surface area (Å²) in [6.45, 7) is 1.27. The Kier molecular flexibility index (Phi) is 6.53. The van der Waals surface area contributed by atoms with E-state index in [9.17, 15) is 4.79 Å².